The molecule has 0 aromatic rings. The lowest BCUT2D eigenvalue weighted by Gasteiger charge is -2.39. The number of hydrogen-bond acceptors (Lipinski definition) is 3. The first-order valence-corrected chi connectivity index (χ1v) is 8.13. The van der Waals surface area contributed by atoms with Gasteiger partial charge in [-0.25, -0.2) is 0 Å². The fourth-order valence-corrected chi connectivity index (χ4v) is 5.55. The van der Waals surface area contributed by atoms with Crippen molar-refractivity contribution in [3.05, 3.63) is 0 Å². The summed E-state index contributed by atoms with van der Waals surface area (Å²) in [6.45, 7) is 7.36. The van der Waals surface area contributed by atoms with Crippen LogP contribution in [0.3, 0.4) is 0 Å². The van der Waals surface area contributed by atoms with E-state index < -0.39 is 10.8 Å². The normalized spacial score (nSPS) is 38.2. The molecule has 5 heteroatoms. The minimum absolute atomic E-state index is 0.00931. The molecule has 2 aliphatic rings. The molecular weight excluding hydrogens is 322 g/mol. The molecule has 2 aliphatic carbocycles. The SMILES string of the molecule is COCCCNC(=O)C12CCC(C)(C(=O)C1Br)C2(C)C. The lowest BCUT2D eigenvalue weighted by atomic mass is 9.64. The van der Waals surface area contributed by atoms with Crippen molar-refractivity contribution < 1.29 is 14.3 Å². The largest absolute Gasteiger partial charge is 0.385 e. The molecule has 3 atom stereocenters. The van der Waals surface area contributed by atoms with Gasteiger partial charge in [0.25, 0.3) is 0 Å². The Hall–Kier alpha value is -0.420. The predicted molar refractivity (Wildman–Crippen MR) is 80.8 cm³/mol. The molecule has 0 spiro atoms. The van der Waals surface area contributed by atoms with Crippen molar-refractivity contribution in [2.45, 2.75) is 44.9 Å². The van der Waals surface area contributed by atoms with Crippen molar-refractivity contribution in [2.75, 3.05) is 20.3 Å². The molecule has 0 heterocycles. The molecule has 0 aromatic carbocycles. The lowest BCUT2D eigenvalue weighted by Crippen LogP contribution is -2.51. The summed E-state index contributed by atoms with van der Waals surface area (Å²) in [5, 5.41) is 3.00. The van der Waals surface area contributed by atoms with Gasteiger partial charge in [0.1, 0.15) is 0 Å². The van der Waals surface area contributed by atoms with Crippen LogP contribution in [0.15, 0.2) is 0 Å². The number of rotatable bonds is 5. The van der Waals surface area contributed by atoms with Crippen LogP contribution in [0.25, 0.3) is 0 Å². The Bertz CT molecular complexity index is 437. The third-order valence-corrected chi connectivity index (χ3v) is 7.13. The van der Waals surface area contributed by atoms with Crippen LogP contribution in [0.1, 0.15) is 40.0 Å². The van der Waals surface area contributed by atoms with Gasteiger partial charge in [-0.05, 0) is 24.7 Å². The maximum Gasteiger partial charge on any atom is 0.228 e. The van der Waals surface area contributed by atoms with E-state index in [9.17, 15) is 9.59 Å². The van der Waals surface area contributed by atoms with Crippen LogP contribution < -0.4 is 5.32 Å². The van der Waals surface area contributed by atoms with Gasteiger partial charge >= 0.3 is 0 Å². The molecule has 0 saturated heterocycles. The summed E-state index contributed by atoms with van der Waals surface area (Å²) in [5.74, 6) is 0.191. The molecule has 0 radical (unpaired) electrons. The summed E-state index contributed by atoms with van der Waals surface area (Å²) >= 11 is 3.52. The molecule has 3 unspecified atom stereocenters. The highest BCUT2D eigenvalue weighted by Gasteiger charge is 2.76. The fourth-order valence-electron chi connectivity index (χ4n) is 4.03. The number of halogens is 1. The number of hydrogen-bond donors (Lipinski definition) is 1. The average Bonchev–Trinajstić information content (AvgIpc) is 2.67. The molecule has 2 rings (SSSR count). The van der Waals surface area contributed by atoms with E-state index in [1.807, 2.05) is 6.92 Å². The Morgan fingerprint density at radius 3 is 2.55 bits per heavy atom. The molecule has 114 valence electrons. The van der Waals surface area contributed by atoms with Gasteiger partial charge in [0.2, 0.25) is 5.91 Å². The van der Waals surface area contributed by atoms with Crippen molar-refractivity contribution in [1.82, 2.24) is 5.32 Å². The third-order valence-electron chi connectivity index (χ3n) is 5.94. The Kier molecular flexibility index (Phi) is 4.06. The summed E-state index contributed by atoms with van der Waals surface area (Å²) in [5.41, 5.74) is -1.34. The molecule has 0 aliphatic heterocycles. The molecule has 1 N–H and O–H groups in total. The minimum Gasteiger partial charge on any atom is -0.385 e. The van der Waals surface area contributed by atoms with Gasteiger partial charge < -0.3 is 10.1 Å². The Labute approximate surface area is 129 Å². The van der Waals surface area contributed by atoms with Gasteiger partial charge in [-0.15, -0.1) is 0 Å². The van der Waals surface area contributed by atoms with Crippen molar-refractivity contribution in [3.63, 3.8) is 0 Å². The van der Waals surface area contributed by atoms with Crippen LogP contribution in [0.4, 0.5) is 0 Å². The maximum atomic E-state index is 12.8. The van der Waals surface area contributed by atoms with Gasteiger partial charge in [0.05, 0.1) is 10.2 Å². The number of carbonyl (C=O) groups is 2. The quantitative estimate of drug-likeness (QED) is 0.614. The Balaban J connectivity index is 2.21. The van der Waals surface area contributed by atoms with Gasteiger partial charge in [-0.3, -0.25) is 9.59 Å². The monoisotopic (exact) mass is 345 g/mol. The van der Waals surface area contributed by atoms with Crippen LogP contribution in [0.5, 0.6) is 0 Å². The Morgan fingerprint density at radius 2 is 2.05 bits per heavy atom. The number of carbonyl (C=O) groups excluding carboxylic acids is 2. The molecule has 4 nitrogen and oxygen atoms in total. The zero-order chi connectivity index (χ0) is 15.2. The smallest absolute Gasteiger partial charge is 0.228 e. The van der Waals surface area contributed by atoms with Crippen molar-refractivity contribution in [3.8, 4) is 0 Å². The molecular formula is C15H24BrNO3. The number of methoxy groups -OCH3 is 1. The van der Waals surface area contributed by atoms with Crippen LogP contribution in [0.2, 0.25) is 0 Å². The van der Waals surface area contributed by atoms with E-state index >= 15 is 0 Å². The molecule has 2 bridgehead atoms. The number of alkyl halides is 1. The van der Waals surface area contributed by atoms with E-state index in [-0.39, 0.29) is 21.9 Å². The Morgan fingerprint density at radius 1 is 1.40 bits per heavy atom. The summed E-state index contributed by atoms with van der Waals surface area (Å²) in [6, 6.07) is 0. The highest BCUT2D eigenvalue weighted by atomic mass is 79.9. The molecule has 1 amide bonds. The van der Waals surface area contributed by atoms with Crippen LogP contribution >= 0.6 is 15.9 Å². The standard InChI is InChI=1S/C15H24BrNO3/c1-13(2)14(3)6-7-15(13,10(16)11(14)18)12(19)17-8-5-9-20-4/h10H,5-9H2,1-4H3,(H,17,19). The van der Waals surface area contributed by atoms with E-state index in [0.717, 1.165) is 19.3 Å². The lowest BCUT2D eigenvalue weighted by molar-refractivity contribution is -0.135. The zero-order valence-corrected chi connectivity index (χ0v) is 14.3. The van der Waals surface area contributed by atoms with Crippen molar-refractivity contribution >= 4 is 27.6 Å². The molecule has 0 aromatic heterocycles. The predicted octanol–water partition coefficient (Wildman–Crippen LogP) is 2.30. The maximum absolute atomic E-state index is 12.8. The summed E-state index contributed by atoms with van der Waals surface area (Å²) < 4.78 is 4.99. The first kappa shape index (κ1) is 16.0. The summed E-state index contributed by atoms with van der Waals surface area (Å²) in [6.07, 6.45) is 2.36. The van der Waals surface area contributed by atoms with E-state index in [2.05, 4.69) is 35.1 Å². The van der Waals surface area contributed by atoms with Crippen molar-refractivity contribution in [1.29, 1.82) is 0 Å². The second-order valence-electron chi connectivity index (χ2n) is 6.76. The zero-order valence-electron chi connectivity index (χ0n) is 12.7. The number of Topliss-reactive ketones (excluding diaryl/α,β-unsaturated/α-hetero) is 1. The van der Waals surface area contributed by atoms with E-state index in [1.165, 1.54) is 0 Å². The third kappa shape index (κ3) is 1.75. The first-order chi connectivity index (χ1) is 9.25. The van der Waals surface area contributed by atoms with Gasteiger partial charge in [0, 0.05) is 25.7 Å². The average molecular weight is 346 g/mol. The van der Waals surface area contributed by atoms with Crippen LogP contribution in [-0.2, 0) is 14.3 Å². The fraction of sp³-hybridized carbons (Fsp3) is 0.867. The van der Waals surface area contributed by atoms with Crippen molar-refractivity contribution in [2.24, 2.45) is 16.2 Å². The highest BCUT2D eigenvalue weighted by molar-refractivity contribution is 9.10. The molecule has 2 fully saturated rings. The molecule has 2 saturated carbocycles. The highest BCUT2D eigenvalue weighted by Crippen LogP contribution is 2.72. The van der Waals surface area contributed by atoms with E-state index in [4.69, 9.17) is 4.74 Å². The molecule has 20 heavy (non-hydrogen) atoms. The van der Waals surface area contributed by atoms with E-state index in [0.29, 0.717) is 13.2 Å². The number of ether oxygens (including phenoxy) is 1. The van der Waals surface area contributed by atoms with Crippen LogP contribution in [0, 0.1) is 16.2 Å². The summed E-state index contributed by atoms with van der Waals surface area (Å²) in [7, 11) is 1.65. The van der Waals surface area contributed by atoms with E-state index in [1.54, 1.807) is 7.11 Å². The topological polar surface area (TPSA) is 55.4 Å². The minimum atomic E-state index is -0.619. The summed E-state index contributed by atoms with van der Waals surface area (Å²) in [4.78, 5) is 24.9. The van der Waals surface area contributed by atoms with Gasteiger partial charge in [-0.2, -0.15) is 0 Å². The second kappa shape index (κ2) is 5.09. The number of amides is 1. The first-order valence-electron chi connectivity index (χ1n) is 7.21. The number of fused-ring (bicyclic) bond motifs is 2. The van der Waals surface area contributed by atoms with Gasteiger partial charge in [-0.1, -0.05) is 36.7 Å². The second-order valence-corrected chi connectivity index (χ2v) is 7.67. The van der Waals surface area contributed by atoms with Crippen LogP contribution in [-0.4, -0.2) is 36.8 Å². The van der Waals surface area contributed by atoms with Gasteiger partial charge in [0.15, 0.2) is 5.78 Å². The number of nitrogens with one attached hydrogen (secondary N) is 1. The number of ketones is 1.